The van der Waals surface area contributed by atoms with Crippen molar-refractivity contribution in [1.29, 1.82) is 0 Å². The van der Waals surface area contributed by atoms with E-state index in [1.165, 1.54) is 0 Å². The van der Waals surface area contributed by atoms with Gasteiger partial charge >= 0.3 is 5.97 Å². The highest BCUT2D eigenvalue weighted by atomic mass is 16.6. The third-order valence-corrected chi connectivity index (χ3v) is 2.09. The van der Waals surface area contributed by atoms with Crippen LogP contribution >= 0.6 is 0 Å². The van der Waals surface area contributed by atoms with E-state index in [0.29, 0.717) is 5.56 Å². The van der Waals surface area contributed by atoms with Crippen molar-refractivity contribution in [2.45, 2.75) is 33.2 Å². The van der Waals surface area contributed by atoms with E-state index >= 15 is 0 Å². The zero-order valence-electron chi connectivity index (χ0n) is 10.1. The van der Waals surface area contributed by atoms with E-state index in [1.807, 2.05) is 52.2 Å². The van der Waals surface area contributed by atoms with Crippen molar-refractivity contribution in [1.82, 2.24) is 4.48 Å². The monoisotopic (exact) mass is 205 g/mol. The predicted molar refractivity (Wildman–Crippen MR) is 66.2 cm³/mol. The lowest BCUT2D eigenvalue weighted by atomic mass is 9.94. The molecule has 1 heterocycles. The van der Waals surface area contributed by atoms with Gasteiger partial charge in [-0.1, -0.05) is 6.82 Å². The molecule has 0 unspecified atom stereocenters. The van der Waals surface area contributed by atoms with Crippen molar-refractivity contribution in [3.05, 3.63) is 17.8 Å². The van der Waals surface area contributed by atoms with Gasteiger partial charge in [0.2, 0.25) is 7.41 Å². The van der Waals surface area contributed by atoms with Crippen molar-refractivity contribution in [2.24, 2.45) is 0 Å². The molecule has 0 aliphatic rings. The molecule has 0 aliphatic heterocycles. The number of esters is 1. The first-order chi connectivity index (χ1) is 6.83. The van der Waals surface area contributed by atoms with E-state index in [-0.39, 0.29) is 5.97 Å². The van der Waals surface area contributed by atoms with E-state index in [9.17, 15) is 4.79 Å². The second-order valence-electron chi connectivity index (χ2n) is 4.66. The van der Waals surface area contributed by atoms with E-state index in [1.54, 1.807) is 0 Å². The van der Waals surface area contributed by atoms with Gasteiger partial charge in [0, 0.05) is 6.20 Å². The summed E-state index contributed by atoms with van der Waals surface area (Å²) in [6.45, 7) is 7.66. The van der Waals surface area contributed by atoms with Gasteiger partial charge in [0.15, 0.2) is 7.85 Å². The highest BCUT2D eigenvalue weighted by Gasteiger charge is 2.18. The second kappa shape index (κ2) is 4.17. The van der Waals surface area contributed by atoms with Gasteiger partial charge in [-0.15, -0.1) is 0 Å². The molecule has 80 valence electrons. The Kier molecular flexibility index (Phi) is 3.32. The van der Waals surface area contributed by atoms with Gasteiger partial charge in [0.05, 0.1) is 5.56 Å². The Morgan fingerprint density at radius 1 is 1.53 bits per heavy atom. The molecule has 0 saturated heterocycles. The highest BCUT2D eigenvalue weighted by Crippen LogP contribution is 2.11. The topological polar surface area (TPSA) is 31.2 Å². The first-order valence-corrected chi connectivity index (χ1v) is 5.23. The Balaban J connectivity index is 2.83. The number of hydrogen-bond acceptors (Lipinski definition) is 2. The molecule has 0 atom stereocenters. The Hall–Kier alpha value is -1.12. The SMILES string of the molecule is Bc1cc(C(=O)OC(C)(C)C)cn1BC. The zero-order valence-corrected chi connectivity index (χ0v) is 10.1. The Morgan fingerprint density at radius 2 is 2.13 bits per heavy atom. The molecular formula is C10H17B2NO2. The van der Waals surface area contributed by atoms with Crippen LogP contribution in [0.3, 0.4) is 0 Å². The average molecular weight is 205 g/mol. The largest absolute Gasteiger partial charge is 0.456 e. The van der Waals surface area contributed by atoms with Gasteiger partial charge in [-0.05, 0) is 32.4 Å². The van der Waals surface area contributed by atoms with Crippen molar-refractivity contribution in [3.8, 4) is 0 Å². The minimum absolute atomic E-state index is 0.252. The van der Waals surface area contributed by atoms with E-state index < -0.39 is 5.60 Å². The number of rotatable bonds is 2. The maximum absolute atomic E-state index is 11.7. The molecule has 0 amide bonds. The molecule has 15 heavy (non-hydrogen) atoms. The summed E-state index contributed by atoms with van der Waals surface area (Å²) >= 11 is 0. The molecule has 0 radical (unpaired) electrons. The minimum Gasteiger partial charge on any atom is -0.456 e. The molecule has 0 aromatic carbocycles. The molecule has 0 fully saturated rings. The molecule has 0 bridgehead atoms. The summed E-state index contributed by atoms with van der Waals surface area (Å²) in [5.74, 6) is -0.252. The van der Waals surface area contributed by atoms with Gasteiger partial charge in [-0.2, -0.15) is 0 Å². The predicted octanol–water partition coefficient (Wildman–Crippen LogP) is -0.0505. The smallest absolute Gasteiger partial charge is 0.340 e. The van der Waals surface area contributed by atoms with Crippen LogP contribution in [-0.4, -0.2) is 31.3 Å². The normalized spacial score (nSPS) is 11.2. The Labute approximate surface area is 92.5 Å². The van der Waals surface area contributed by atoms with Crippen molar-refractivity contribution in [2.75, 3.05) is 0 Å². The Bertz CT molecular complexity index is 366. The molecule has 1 aromatic rings. The standard InChI is InChI=1S/C10H17B2NO2/c1-10(2,3)15-9(14)7-5-8(11)13(6-7)12-4/h5-6,12H,11H2,1-4H3. The van der Waals surface area contributed by atoms with Crippen molar-refractivity contribution >= 4 is 26.8 Å². The quantitative estimate of drug-likeness (QED) is 0.500. The van der Waals surface area contributed by atoms with E-state index in [0.717, 1.165) is 13.0 Å². The fourth-order valence-electron chi connectivity index (χ4n) is 1.40. The van der Waals surface area contributed by atoms with E-state index in [4.69, 9.17) is 4.74 Å². The van der Waals surface area contributed by atoms with Gasteiger partial charge in [0.25, 0.3) is 0 Å². The molecule has 3 nitrogen and oxygen atoms in total. The lowest BCUT2D eigenvalue weighted by Crippen LogP contribution is -2.23. The molecule has 1 rings (SSSR count). The molecule has 0 N–H and O–H groups in total. The summed E-state index contributed by atoms with van der Waals surface area (Å²) < 4.78 is 7.31. The molecule has 0 spiro atoms. The molecule has 0 saturated carbocycles. The number of carbonyl (C=O) groups is 1. The highest BCUT2D eigenvalue weighted by molar-refractivity contribution is 6.40. The summed E-state index contributed by atoms with van der Waals surface area (Å²) in [5.41, 5.74) is 1.28. The number of nitrogens with zero attached hydrogens (tertiary/aromatic N) is 1. The fourth-order valence-corrected chi connectivity index (χ4v) is 1.40. The average Bonchev–Trinajstić information content (AvgIpc) is 2.43. The first kappa shape index (κ1) is 12.0. The van der Waals surface area contributed by atoms with Crippen LogP contribution in [0.2, 0.25) is 6.82 Å². The lowest BCUT2D eigenvalue weighted by molar-refractivity contribution is 0.00697. The Morgan fingerprint density at radius 3 is 2.53 bits per heavy atom. The van der Waals surface area contributed by atoms with Gasteiger partial charge in [-0.25, -0.2) is 4.79 Å². The third-order valence-electron chi connectivity index (χ3n) is 2.09. The van der Waals surface area contributed by atoms with Crippen LogP contribution in [0, 0.1) is 0 Å². The number of hydrogen-bond donors (Lipinski definition) is 0. The summed E-state index contributed by atoms with van der Waals surface area (Å²) in [5, 5.41) is 0. The summed E-state index contributed by atoms with van der Waals surface area (Å²) in [4.78, 5) is 11.7. The fraction of sp³-hybridized carbons (Fsp3) is 0.500. The van der Waals surface area contributed by atoms with Crippen LogP contribution in [0.25, 0.3) is 0 Å². The van der Waals surface area contributed by atoms with Crippen LogP contribution in [-0.2, 0) is 4.74 Å². The van der Waals surface area contributed by atoms with Crippen molar-refractivity contribution in [3.63, 3.8) is 0 Å². The third kappa shape index (κ3) is 3.18. The zero-order chi connectivity index (χ0) is 11.6. The molecule has 5 heteroatoms. The van der Waals surface area contributed by atoms with Gasteiger partial charge in [0.1, 0.15) is 5.60 Å². The minimum atomic E-state index is -0.431. The van der Waals surface area contributed by atoms with Crippen molar-refractivity contribution < 1.29 is 9.53 Å². The van der Waals surface area contributed by atoms with E-state index in [2.05, 4.69) is 0 Å². The van der Waals surface area contributed by atoms with Crippen LogP contribution in [0.5, 0.6) is 0 Å². The van der Waals surface area contributed by atoms with Crippen LogP contribution < -0.4 is 5.59 Å². The summed E-state index contributed by atoms with van der Waals surface area (Å²) in [7, 11) is 2.85. The maximum Gasteiger partial charge on any atom is 0.340 e. The van der Waals surface area contributed by atoms with Crippen LogP contribution in [0.4, 0.5) is 0 Å². The van der Waals surface area contributed by atoms with Gasteiger partial charge in [-0.3, -0.25) is 0 Å². The number of aromatic nitrogens is 1. The van der Waals surface area contributed by atoms with Gasteiger partial charge < -0.3 is 9.21 Å². The van der Waals surface area contributed by atoms with Crippen LogP contribution in [0.1, 0.15) is 31.1 Å². The van der Waals surface area contributed by atoms with Crippen LogP contribution in [0.15, 0.2) is 12.3 Å². The summed E-state index contributed by atoms with van der Waals surface area (Å²) in [6.07, 6.45) is 1.84. The molecular weight excluding hydrogens is 188 g/mol. The number of ether oxygens (including phenoxy) is 1. The summed E-state index contributed by atoms with van der Waals surface area (Å²) in [6, 6.07) is 1.86. The molecule has 0 aliphatic carbocycles. The molecule has 1 aromatic heterocycles. The second-order valence-corrected chi connectivity index (χ2v) is 4.66. The number of carbonyl (C=O) groups excluding carboxylic acids is 1. The lowest BCUT2D eigenvalue weighted by Gasteiger charge is -2.18. The first-order valence-electron chi connectivity index (χ1n) is 5.23. The maximum atomic E-state index is 11.7.